The summed E-state index contributed by atoms with van der Waals surface area (Å²) in [5, 5.41) is 4.43. The minimum Gasteiger partial charge on any atom is -0.434 e. The van der Waals surface area contributed by atoms with Crippen LogP contribution in [0.25, 0.3) is 0 Å². The average Bonchev–Trinajstić information content (AvgIpc) is 3.36. The standard InChI is InChI=1S/C22H21ClF3N3O3S2/c23-15-11-13(7-8-17(15)27-10-9-21-29-18-4-2-6-20(18)33-21)34(30,31)28-12-14-16(24)3-1-5-19(14)32-22(25)26/h1,3,5,7-8,11,22,27-28H,2,4,6,9-10,12H2. The van der Waals surface area contributed by atoms with Crippen molar-refractivity contribution in [2.45, 2.75) is 43.7 Å². The molecule has 3 aromatic rings. The molecule has 1 heterocycles. The van der Waals surface area contributed by atoms with Crippen molar-refractivity contribution in [3.05, 3.63) is 68.4 Å². The van der Waals surface area contributed by atoms with Crippen molar-refractivity contribution in [3.8, 4) is 5.75 Å². The van der Waals surface area contributed by atoms with Gasteiger partial charge in [0.25, 0.3) is 0 Å². The molecule has 4 rings (SSSR count). The van der Waals surface area contributed by atoms with Crippen LogP contribution in [0.1, 0.15) is 27.6 Å². The fourth-order valence-corrected chi connectivity index (χ4v) is 6.12. The molecule has 0 atom stereocenters. The van der Waals surface area contributed by atoms with Crippen molar-refractivity contribution in [3.63, 3.8) is 0 Å². The third-order valence-electron chi connectivity index (χ3n) is 5.28. The summed E-state index contributed by atoms with van der Waals surface area (Å²) in [5.74, 6) is -1.32. The van der Waals surface area contributed by atoms with Crippen LogP contribution in [0.2, 0.25) is 5.02 Å². The Kier molecular flexibility index (Phi) is 7.66. The van der Waals surface area contributed by atoms with Crippen LogP contribution in [-0.4, -0.2) is 26.6 Å². The third kappa shape index (κ3) is 5.83. The molecule has 0 unspecified atom stereocenters. The van der Waals surface area contributed by atoms with E-state index in [2.05, 4.69) is 19.8 Å². The monoisotopic (exact) mass is 531 g/mol. The summed E-state index contributed by atoms with van der Waals surface area (Å²) in [6.45, 7) is -3.17. The molecule has 0 bridgehead atoms. The number of halogens is 4. The van der Waals surface area contributed by atoms with Crippen LogP contribution in [0.15, 0.2) is 41.3 Å². The van der Waals surface area contributed by atoms with Crippen LogP contribution in [0.3, 0.4) is 0 Å². The summed E-state index contributed by atoms with van der Waals surface area (Å²) in [6, 6.07) is 7.51. The van der Waals surface area contributed by atoms with E-state index < -0.39 is 34.7 Å². The van der Waals surface area contributed by atoms with Gasteiger partial charge in [-0.1, -0.05) is 17.7 Å². The van der Waals surface area contributed by atoms with Gasteiger partial charge < -0.3 is 10.1 Å². The number of benzene rings is 2. The molecule has 0 saturated heterocycles. The van der Waals surface area contributed by atoms with Gasteiger partial charge in [0.2, 0.25) is 10.0 Å². The van der Waals surface area contributed by atoms with Crippen LogP contribution in [0.4, 0.5) is 18.9 Å². The van der Waals surface area contributed by atoms with E-state index >= 15 is 0 Å². The van der Waals surface area contributed by atoms with Gasteiger partial charge in [-0.05, 0) is 49.6 Å². The van der Waals surface area contributed by atoms with Crippen molar-refractivity contribution >= 4 is 38.6 Å². The first kappa shape index (κ1) is 24.8. The number of nitrogens with zero attached hydrogens (tertiary/aromatic N) is 1. The first-order valence-corrected chi connectivity index (χ1v) is 13.1. The maximum absolute atomic E-state index is 14.1. The number of hydrogen-bond acceptors (Lipinski definition) is 6. The zero-order valence-electron chi connectivity index (χ0n) is 17.8. The number of fused-ring (bicyclic) bond motifs is 1. The van der Waals surface area contributed by atoms with Crippen molar-refractivity contribution in [1.29, 1.82) is 0 Å². The van der Waals surface area contributed by atoms with Crippen molar-refractivity contribution < 1.29 is 26.3 Å². The van der Waals surface area contributed by atoms with Gasteiger partial charge in [-0.15, -0.1) is 11.3 Å². The van der Waals surface area contributed by atoms with E-state index in [0.29, 0.717) is 12.2 Å². The molecular weight excluding hydrogens is 511 g/mol. The van der Waals surface area contributed by atoms with Gasteiger partial charge in [0.15, 0.2) is 0 Å². The number of alkyl halides is 2. The quantitative estimate of drug-likeness (QED) is 0.378. The topological polar surface area (TPSA) is 80.3 Å². The lowest BCUT2D eigenvalue weighted by Crippen LogP contribution is -2.24. The summed E-state index contributed by atoms with van der Waals surface area (Å²) in [6.07, 6.45) is 4.01. The lowest BCUT2D eigenvalue weighted by Gasteiger charge is -2.13. The molecule has 6 nitrogen and oxygen atoms in total. The molecule has 0 radical (unpaired) electrons. The van der Waals surface area contributed by atoms with E-state index in [9.17, 15) is 21.6 Å². The number of hydrogen-bond donors (Lipinski definition) is 2. The smallest absolute Gasteiger partial charge is 0.387 e. The summed E-state index contributed by atoms with van der Waals surface area (Å²) in [5.41, 5.74) is 1.43. The lowest BCUT2D eigenvalue weighted by atomic mass is 10.2. The second kappa shape index (κ2) is 10.5. The van der Waals surface area contributed by atoms with Gasteiger partial charge in [0.05, 0.1) is 26.3 Å². The number of ether oxygens (including phenoxy) is 1. The fraction of sp³-hybridized carbons (Fsp3) is 0.318. The van der Waals surface area contributed by atoms with Crippen molar-refractivity contribution in [1.82, 2.24) is 9.71 Å². The maximum Gasteiger partial charge on any atom is 0.387 e. The summed E-state index contributed by atoms with van der Waals surface area (Å²) in [4.78, 5) is 5.86. The summed E-state index contributed by atoms with van der Waals surface area (Å²) < 4.78 is 71.0. The van der Waals surface area contributed by atoms with Crippen molar-refractivity contribution in [2.24, 2.45) is 0 Å². The largest absolute Gasteiger partial charge is 0.434 e. The number of aryl methyl sites for hydroxylation is 2. The van der Waals surface area contributed by atoms with Crippen LogP contribution >= 0.6 is 22.9 Å². The molecule has 0 amide bonds. The lowest BCUT2D eigenvalue weighted by molar-refractivity contribution is -0.0506. The Morgan fingerprint density at radius 3 is 2.76 bits per heavy atom. The Hall–Kier alpha value is -2.34. The van der Waals surface area contributed by atoms with E-state index in [1.165, 1.54) is 34.8 Å². The summed E-state index contributed by atoms with van der Waals surface area (Å²) >= 11 is 8.00. The van der Waals surface area contributed by atoms with E-state index in [4.69, 9.17) is 11.6 Å². The highest BCUT2D eigenvalue weighted by molar-refractivity contribution is 7.89. The number of anilines is 1. The van der Waals surface area contributed by atoms with Crippen LogP contribution in [-0.2, 0) is 35.8 Å². The molecule has 1 aliphatic carbocycles. The van der Waals surface area contributed by atoms with Crippen LogP contribution in [0.5, 0.6) is 5.75 Å². The first-order chi connectivity index (χ1) is 16.2. The highest BCUT2D eigenvalue weighted by Gasteiger charge is 2.20. The van der Waals surface area contributed by atoms with E-state index in [1.807, 2.05) is 0 Å². The molecule has 0 aliphatic heterocycles. The predicted octanol–water partition coefficient (Wildman–Crippen LogP) is 5.16. The molecule has 0 fully saturated rings. The molecule has 2 N–H and O–H groups in total. The van der Waals surface area contributed by atoms with Gasteiger partial charge in [0.1, 0.15) is 11.6 Å². The van der Waals surface area contributed by atoms with Crippen molar-refractivity contribution in [2.75, 3.05) is 11.9 Å². The Morgan fingerprint density at radius 2 is 2.03 bits per heavy atom. The Balaban J connectivity index is 1.38. The minimum absolute atomic E-state index is 0.146. The van der Waals surface area contributed by atoms with Crippen LogP contribution < -0.4 is 14.8 Å². The maximum atomic E-state index is 14.1. The molecular formula is C22H21ClF3N3O3S2. The Labute approximate surface area is 204 Å². The fourth-order valence-electron chi connectivity index (χ4n) is 3.63. The Bertz CT molecular complexity index is 1260. The molecule has 1 aromatic heterocycles. The van der Waals surface area contributed by atoms with Crippen LogP contribution in [0, 0.1) is 5.82 Å². The molecule has 0 saturated carbocycles. The molecule has 1 aliphatic rings. The number of rotatable bonds is 10. The number of nitrogens with one attached hydrogen (secondary N) is 2. The zero-order valence-corrected chi connectivity index (χ0v) is 20.2. The summed E-state index contributed by atoms with van der Waals surface area (Å²) in [7, 11) is -4.10. The highest BCUT2D eigenvalue weighted by atomic mass is 35.5. The average molecular weight is 532 g/mol. The second-order valence-electron chi connectivity index (χ2n) is 7.57. The van der Waals surface area contributed by atoms with Gasteiger partial charge in [0, 0.05) is 30.0 Å². The Morgan fingerprint density at radius 1 is 1.21 bits per heavy atom. The number of sulfonamides is 1. The molecule has 12 heteroatoms. The molecule has 2 aromatic carbocycles. The number of aromatic nitrogens is 1. The van der Waals surface area contributed by atoms with Gasteiger partial charge in [-0.25, -0.2) is 22.5 Å². The predicted molar refractivity (Wildman–Crippen MR) is 125 cm³/mol. The first-order valence-electron chi connectivity index (χ1n) is 10.5. The normalized spacial score (nSPS) is 13.3. The molecule has 182 valence electrons. The third-order valence-corrected chi connectivity index (χ3v) is 8.20. The molecule has 0 spiro atoms. The minimum atomic E-state index is -4.10. The van der Waals surface area contributed by atoms with E-state index in [0.717, 1.165) is 42.8 Å². The SMILES string of the molecule is O=S(=O)(NCc1c(F)cccc1OC(F)F)c1ccc(NCCc2nc3c(s2)CCC3)c(Cl)c1. The zero-order chi connectivity index (χ0) is 24.3. The number of thiazole rings is 1. The highest BCUT2D eigenvalue weighted by Crippen LogP contribution is 2.29. The van der Waals surface area contributed by atoms with Gasteiger partial charge >= 0.3 is 6.61 Å². The second-order valence-corrected chi connectivity index (χ2v) is 10.9. The van der Waals surface area contributed by atoms with Gasteiger partial charge in [-0.2, -0.15) is 8.78 Å². The van der Waals surface area contributed by atoms with E-state index in [1.54, 1.807) is 11.3 Å². The molecule has 34 heavy (non-hydrogen) atoms. The van der Waals surface area contributed by atoms with E-state index in [-0.39, 0.29) is 15.5 Å². The van der Waals surface area contributed by atoms with Gasteiger partial charge in [-0.3, -0.25) is 0 Å².